The number of anilines is 1. The van der Waals surface area contributed by atoms with Gasteiger partial charge in [0.2, 0.25) is 0 Å². The number of hydrogen-bond acceptors (Lipinski definition) is 4. The van der Waals surface area contributed by atoms with E-state index < -0.39 is 0 Å². The number of hydrogen-bond donors (Lipinski definition) is 1. The van der Waals surface area contributed by atoms with Gasteiger partial charge in [-0.1, -0.05) is 12.1 Å². The van der Waals surface area contributed by atoms with Crippen LogP contribution in [-0.4, -0.2) is 11.6 Å². The number of nitrogens with one attached hydrogen (secondary N) is 1. The molecule has 20 heavy (non-hydrogen) atoms. The van der Waals surface area contributed by atoms with Crippen molar-refractivity contribution >= 4 is 5.82 Å². The average Bonchev–Trinajstić information content (AvgIpc) is 2.45. The molecular weight excluding hydrogens is 250 g/mol. The van der Waals surface area contributed by atoms with Crippen molar-refractivity contribution in [2.45, 2.75) is 20.4 Å². The lowest BCUT2D eigenvalue weighted by molar-refractivity contribution is 0.340. The normalized spacial score (nSPS) is 9.85. The fourth-order valence-corrected chi connectivity index (χ4v) is 1.93. The van der Waals surface area contributed by atoms with E-state index in [0.29, 0.717) is 24.5 Å². The van der Waals surface area contributed by atoms with Crippen molar-refractivity contribution < 1.29 is 4.74 Å². The minimum absolute atomic E-state index is 0.614. The Hall–Kier alpha value is -2.54. The zero-order valence-corrected chi connectivity index (χ0v) is 11.7. The van der Waals surface area contributed by atoms with Crippen LogP contribution in [0.5, 0.6) is 5.75 Å². The Labute approximate surface area is 119 Å². The number of aryl methyl sites for hydroxylation is 1. The smallest absolute Gasteiger partial charge is 0.127 e. The second-order valence-corrected chi connectivity index (χ2v) is 4.43. The summed E-state index contributed by atoms with van der Waals surface area (Å²) in [6.45, 7) is 5.14. The van der Waals surface area contributed by atoms with Crippen molar-refractivity contribution in [3.05, 3.63) is 53.2 Å². The number of benzene rings is 1. The topological polar surface area (TPSA) is 57.9 Å². The van der Waals surface area contributed by atoms with E-state index in [1.165, 1.54) is 0 Å². The molecule has 0 bridgehead atoms. The molecule has 4 heteroatoms. The molecule has 1 aromatic carbocycles. The third-order valence-electron chi connectivity index (χ3n) is 2.77. The van der Waals surface area contributed by atoms with Gasteiger partial charge in [-0.2, -0.15) is 5.26 Å². The van der Waals surface area contributed by atoms with Crippen LogP contribution in [0.25, 0.3) is 0 Å². The highest BCUT2D eigenvalue weighted by Gasteiger charge is 2.01. The van der Waals surface area contributed by atoms with Crippen molar-refractivity contribution in [3.63, 3.8) is 0 Å². The Balaban J connectivity index is 2.07. The summed E-state index contributed by atoms with van der Waals surface area (Å²) < 4.78 is 5.47. The van der Waals surface area contributed by atoms with Crippen LogP contribution in [0.2, 0.25) is 0 Å². The zero-order chi connectivity index (χ0) is 14.4. The average molecular weight is 267 g/mol. The van der Waals surface area contributed by atoms with E-state index in [9.17, 15) is 0 Å². The van der Waals surface area contributed by atoms with E-state index in [0.717, 1.165) is 17.0 Å². The summed E-state index contributed by atoms with van der Waals surface area (Å²) in [5.41, 5.74) is 2.55. The molecule has 0 saturated carbocycles. The molecule has 1 N–H and O–H groups in total. The van der Waals surface area contributed by atoms with Crippen molar-refractivity contribution in [2.75, 3.05) is 11.9 Å². The first-order valence-electron chi connectivity index (χ1n) is 6.55. The molecular formula is C16H17N3O. The third kappa shape index (κ3) is 3.72. The SMILES string of the molecule is CCOc1cccc(CNc2cc(C#N)cc(C)n2)c1. The van der Waals surface area contributed by atoms with Crippen LogP contribution < -0.4 is 10.1 Å². The van der Waals surface area contributed by atoms with Gasteiger partial charge in [-0.3, -0.25) is 0 Å². The highest BCUT2D eigenvalue weighted by Crippen LogP contribution is 2.15. The number of nitriles is 1. The Bertz CT molecular complexity index is 632. The zero-order valence-electron chi connectivity index (χ0n) is 11.7. The van der Waals surface area contributed by atoms with Crippen molar-refractivity contribution in [1.29, 1.82) is 5.26 Å². The van der Waals surface area contributed by atoms with Gasteiger partial charge in [0, 0.05) is 12.2 Å². The van der Waals surface area contributed by atoms with Gasteiger partial charge in [-0.25, -0.2) is 4.98 Å². The fourth-order valence-electron chi connectivity index (χ4n) is 1.93. The van der Waals surface area contributed by atoms with Gasteiger partial charge >= 0.3 is 0 Å². The maximum atomic E-state index is 8.95. The quantitative estimate of drug-likeness (QED) is 0.903. The van der Waals surface area contributed by atoms with Gasteiger partial charge in [0.25, 0.3) is 0 Å². The molecule has 0 aliphatic heterocycles. The second kappa shape index (κ2) is 6.58. The van der Waals surface area contributed by atoms with E-state index in [1.807, 2.05) is 38.1 Å². The molecule has 0 atom stereocenters. The highest BCUT2D eigenvalue weighted by molar-refractivity contribution is 5.45. The molecule has 0 saturated heterocycles. The van der Waals surface area contributed by atoms with Crippen LogP contribution >= 0.6 is 0 Å². The first-order chi connectivity index (χ1) is 9.71. The molecule has 102 valence electrons. The van der Waals surface area contributed by atoms with E-state index in [4.69, 9.17) is 10.00 Å². The van der Waals surface area contributed by atoms with Crippen LogP contribution in [0, 0.1) is 18.3 Å². The van der Waals surface area contributed by atoms with Crippen LogP contribution in [0.3, 0.4) is 0 Å². The predicted molar refractivity (Wildman–Crippen MR) is 78.6 cm³/mol. The lowest BCUT2D eigenvalue weighted by Gasteiger charge is -2.09. The Morgan fingerprint density at radius 1 is 1.30 bits per heavy atom. The van der Waals surface area contributed by atoms with E-state index in [2.05, 4.69) is 16.4 Å². The Morgan fingerprint density at radius 3 is 2.90 bits per heavy atom. The van der Waals surface area contributed by atoms with E-state index in [1.54, 1.807) is 12.1 Å². The number of ether oxygens (including phenoxy) is 1. The summed E-state index contributed by atoms with van der Waals surface area (Å²) >= 11 is 0. The first kappa shape index (κ1) is 13.9. The van der Waals surface area contributed by atoms with Gasteiger partial charge in [0.1, 0.15) is 11.6 Å². The van der Waals surface area contributed by atoms with Crippen molar-refractivity contribution in [2.24, 2.45) is 0 Å². The van der Waals surface area contributed by atoms with Gasteiger partial charge in [-0.15, -0.1) is 0 Å². The summed E-state index contributed by atoms with van der Waals surface area (Å²) in [7, 11) is 0. The maximum absolute atomic E-state index is 8.95. The molecule has 0 amide bonds. The molecule has 1 heterocycles. The van der Waals surface area contributed by atoms with Gasteiger partial charge < -0.3 is 10.1 Å². The monoisotopic (exact) mass is 267 g/mol. The standard InChI is InChI=1S/C16H17N3O/c1-3-20-15-6-4-5-13(8-15)11-18-16-9-14(10-17)7-12(2)19-16/h4-9H,3,11H2,1-2H3,(H,18,19). The Kier molecular flexibility index (Phi) is 4.56. The van der Waals surface area contributed by atoms with Gasteiger partial charge in [0.05, 0.1) is 18.2 Å². The molecule has 2 aromatic rings. The molecule has 0 spiro atoms. The van der Waals surface area contributed by atoms with Crippen molar-refractivity contribution in [3.8, 4) is 11.8 Å². The van der Waals surface area contributed by atoms with Crippen LogP contribution in [0.15, 0.2) is 36.4 Å². The molecule has 1 aromatic heterocycles. The summed E-state index contributed by atoms with van der Waals surface area (Å²) in [4.78, 5) is 4.36. The lowest BCUT2D eigenvalue weighted by Crippen LogP contribution is -2.03. The summed E-state index contributed by atoms with van der Waals surface area (Å²) in [5, 5.41) is 12.2. The van der Waals surface area contributed by atoms with E-state index in [-0.39, 0.29) is 0 Å². The maximum Gasteiger partial charge on any atom is 0.127 e. The molecule has 4 nitrogen and oxygen atoms in total. The summed E-state index contributed by atoms with van der Waals surface area (Å²) in [6, 6.07) is 13.6. The number of nitrogens with zero attached hydrogens (tertiary/aromatic N) is 2. The lowest BCUT2D eigenvalue weighted by atomic mass is 10.2. The van der Waals surface area contributed by atoms with Crippen LogP contribution in [-0.2, 0) is 6.54 Å². The fraction of sp³-hybridized carbons (Fsp3) is 0.250. The minimum Gasteiger partial charge on any atom is -0.494 e. The third-order valence-corrected chi connectivity index (χ3v) is 2.77. The minimum atomic E-state index is 0.614. The summed E-state index contributed by atoms with van der Waals surface area (Å²) in [6.07, 6.45) is 0. The Morgan fingerprint density at radius 2 is 2.15 bits per heavy atom. The van der Waals surface area contributed by atoms with Crippen LogP contribution in [0.1, 0.15) is 23.7 Å². The number of aromatic nitrogens is 1. The summed E-state index contributed by atoms with van der Waals surface area (Å²) in [5.74, 6) is 1.57. The first-order valence-corrected chi connectivity index (χ1v) is 6.55. The highest BCUT2D eigenvalue weighted by atomic mass is 16.5. The number of pyridine rings is 1. The molecule has 0 fully saturated rings. The van der Waals surface area contributed by atoms with Gasteiger partial charge in [-0.05, 0) is 43.7 Å². The molecule has 0 unspecified atom stereocenters. The molecule has 2 rings (SSSR count). The van der Waals surface area contributed by atoms with Crippen molar-refractivity contribution in [1.82, 2.24) is 4.98 Å². The van der Waals surface area contributed by atoms with Gasteiger partial charge in [0.15, 0.2) is 0 Å². The van der Waals surface area contributed by atoms with E-state index >= 15 is 0 Å². The largest absolute Gasteiger partial charge is 0.494 e. The van der Waals surface area contributed by atoms with Crippen LogP contribution in [0.4, 0.5) is 5.82 Å². The predicted octanol–water partition coefficient (Wildman–Crippen LogP) is 3.27. The second-order valence-electron chi connectivity index (χ2n) is 4.43. The molecule has 0 aliphatic rings. The molecule has 0 aliphatic carbocycles. The number of rotatable bonds is 5. The molecule has 0 radical (unpaired) electrons.